The molecule has 0 unspecified atom stereocenters. The molecule has 2 nitrogen and oxygen atoms in total. The van der Waals surface area contributed by atoms with Crippen molar-refractivity contribution in [2.24, 2.45) is 0 Å². The summed E-state index contributed by atoms with van der Waals surface area (Å²) in [6, 6.07) is 8.57. The van der Waals surface area contributed by atoms with Gasteiger partial charge in [-0.1, -0.05) is 17.7 Å². The molecule has 14 heavy (non-hydrogen) atoms. The van der Waals surface area contributed by atoms with E-state index in [1.165, 1.54) is 25.9 Å². The van der Waals surface area contributed by atoms with Crippen molar-refractivity contribution in [3.8, 4) is 0 Å². The fourth-order valence-corrected chi connectivity index (χ4v) is 2.08. The van der Waals surface area contributed by atoms with Gasteiger partial charge in [-0.15, -0.1) is 0 Å². The lowest BCUT2D eigenvalue weighted by Crippen LogP contribution is -2.87. The van der Waals surface area contributed by atoms with Gasteiger partial charge < -0.3 is 10.6 Å². The third-order valence-corrected chi connectivity index (χ3v) is 2.87. The molecule has 3 N–H and O–H groups in total. The minimum atomic E-state index is 0.624. The zero-order valence-corrected chi connectivity index (χ0v) is 8.93. The van der Waals surface area contributed by atoms with Gasteiger partial charge in [-0.25, -0.2) is 0 Å². The molecule has 1 aliphatic rings. The molecule has 1 saturated heterocycles. The van der Waals surface area contributed by atoms with Crippen LogP contribution in [0, 0.1) is 0 Å². The zero-order chi connectivity index (χ0) is 9.80. The summed E-state index contributed by atoms with van der Waals surface area (Å²) in [5.74, 6) is 0. The first-order chi connectivity index (χ1) is 6.84. The lowest BCUT2D eigenvalue weighted by molar-refractivity contribution is -0.662. The Labute approximate surface area is 89.7 Å². The smallest absolute Gasteiger partial charge is 0.0775 e. The van der Waals surface area contributed by atoms with E-state index < -0.39 is 0 Å². The Hall–Kier alpha value is -0.730. The molecule has 0 radical (unpaired) electrons. The number of nitrogens with two attached hydrogens (primary N) is 1. The van der Waals surface area contributed by atoms with E-state index in [0.29, 0.717) is 6.04 Å². The summed E-state index contributed by atoms with van der Waals surface area (Å²) in [4.78, 5) is 0. The molecule has 0 bridgehead atoms. The van der Waals surface area contributed by atoms with Crippen molar-refractivity contribution in [3.63, 3.8) is 0 Å². The first-order valence-corrected chi connectivity index (χ1v) is 5.56. The molecule has 1 heterocycles. The first kappa shape index (κ1) is 9.81. The van der Waals surface area contributed by atoms with E-state index in [0.717, 1.165) is 10.7 Å². The van der Waals surface area contributed by atoms with Crippen molar-refractivity contribution in [1.82, 2.24) is 0 Å². The summed E-state index contributed by atoms with van der Waals surface area (Å²) < 4.78 is 0. The number of piperidine rings is 1. The van der Waals surface area contributed by atoms with Gasteiger partial charge in [0, 0.05) is 29.6 Å². The Morgan fingerprint density at radius 1 is 1.29 bits per heavy atom. The van der Waals surface area contributed by atoms with E-state index in [1.807, 2.05) is 18.2 Å². The number of halogens is 1. The summed E-state index contributed by atoms with van der Waals surface area (Å²) in [7, 11) is 0. The van der Waals surface area contributed by atoms with E-state index in [2.05, 4.69) is 16.7 Å². The molecule has 0 atom stereocenters. The fourth-order valence-electron chi connectivity index (χ4n) is 1.89. The molecule has 1 aliphatic heterocycles. The van der Waals surface area contributed by atoms with Gasteiger partial charge in [0.05, 0.1) is 13.1 Å². The van der Waals surface area contributed by atoms with Crippen molar-refractivity contribution in [2.45, 2.75) is 18.9 Å². The largest absolute Gasteiger partial charge is 0.382 e. The molecule has 0 aromatic heterocycles. The summed E-state index contributed by atoms with van der Waals surface area (Å²) in [5, 5.41) is 6.69. The fraction of sp³-hybridized carbons (Fsp3) is 0.455. The van der Waals surface area contributed by atoms with Gasteiger partial charge in [-0.05, 0) is 18.2 Å². The lowest BCUT2D eigenvalue weighted by atomic mass is 10.1. The number of hydrogen-bond acceptors (Lipinski definition) is 1. The Kier molecular flexibility index (Phi) is 3.27. The van der Waals surface area contributed by atoms with Gasteiger partial charge in [-0.3, -0.25) is 0 Å². The van der Waals surface area contributed by atoms with Crippen LogP contribution in [0.1, 0.15) is 12.8 Å². The summed E-state index contributed by atoms with van der Waals surface area (Å²) in [6.07, 6.45) is 2.49. The molecular weight excluding hydrogens is 196 g/mol. The van der Waals surface area contributed by atoms with Gasteiger partial charge in [0.15, 0.2) is 0 Å². The Morgan fingerprint density at radius 3 is 2.79 bits per heavy atom. The quantitative estimate of drug-likeness (QED) is 0.763. The summed E-state index contributed by atoms with van der Waals surface area (Å²) in [5.41, 5.74) is 1.14. The molecule has 3 heteroatoms. The van der Waals surface area contributed by atoms with E-state index in [-0.39, 0.29) is 0 Å². The highest BCUT2D eigenvalue weighted by Crippen LogP contribution is 2.17. The molecule has 0 aliphatic carbocycles. The number of rotatable bonds is 2. The highest BCUT2D eigenvalue weighted by Gasteiger charge is 2.14. The number of nitrogens with one attached hydrogen (secondary N) is 1. The van der Waals surface area contributed by atoms with Gasteiger partial charge in [0.25, 0.3) is 0 Å². The molecule has 0 saturated carbocycles. The van der Waals surface area contributed by atoms with E-state index in [9.17, 15) is 0 Å². The zero-order valence-electron chi connectivity index (χ0n) is 8.17. The van der Waals surface area contributed by atoms with Crippen molar-refractivity contribution < 1.29 is 5.32 Å². The van der Waals surface area contributed by atoms with Crippen LogP contribution in [-0.2, 0) is 0 Å². The molecule has 1 fully saturated rings. The van der Waals surface area contributed by atoms with Gasteiger partial charge in [0.1, 0.15) is 0 Å². The molecule has 0 amide bonds. The Bertz CT molecular complexity index is 295. The minimum Gasteiger partial charge on any atom is -0.382 e. The normalized spacial score (nSPS) is 18.1. The van der Waals surface area contributed by atoms with E-state index in [1.54, 1.807) is 0 Å². The predicted octanol–water partition coefficient (Wildman–Crippen LogP) is 1.48. The average molecular weight is 212 g/mol. The maximum atomic E-state index is 5.92. The first-order valence-electron chi connectivity index (χ1n) is 5.18. The van der Waals surface area contributed by atoms with Crippen LogP contribution in [0.4, 0.5) is 5.69 Å². The maximum Gasteiger partial charge on any atom is 0.0775 e. The number of quaternary nitrogens is 1. The second-order valence-electron chi connectivity index (χ2n) is 3.79. The van der Waals surface area contributed by atoms with Crippen molar-refractivity contribution in [3.05, 3.63) is 29.3 Å². The molecule has 2 rings (SSSR count). The van der Waals surface area contributed by atoms with Crippen molar-refractivity contribution in [2.75, 3.05) is 18.4 Å². The molecule has 1 aromatic carbocycles. The van der Waals surface area contributed by atoms with Gasteiger partial charge in [0.2, 0.25) is 0 Å². The van der Waals surface area contributed by atoms with Crippen molar-refractivity contribution >= 4 is 17.3 Å². The summed E-state index contributed by atoms with van der Waals surface area (Å²) in [6.45, 7) is 2.47. The second-order valence-corrected chi connectivity index (χ2v) is 4.23. The monoisotopic (exact) mass is 211 g/mol. The van der Waals surface area contributed by atoms with Crippen LogP contribution < -0.4 is 10.6 Å². The van der Waals surface area contributed by atoms with Gasteiger partial charge >= 0.3 is 0 Å². The highest BCUT2D eigenvalue weighted by molar-refractivity contribution is 6.30. The van der Waals surface area contributed by atoms with Crippen LogP contribution in [0.3, 0.4) is 0 Å². The molecule has 0 spiro atoms. The third kappa shape index (κ3) is 2.63. The van der Waals surface area contributed by atoms with Crippen LogP contribution >= 0.6 is 11.6 Å². The highest BCUT2D eigenvalue weighted by atomic mass is 35.5. The molecule has 1 aromatic rings. The van der Waals surface area contributed by atoms with Crippen LogP contribution in [0.25, 0.3) is 0 Å². The summed E-state index contributed by atoms with van der Waals surface area (Å²) >= 11 is 5.92. The topological polar surface area (TPSA) is 28.6 Å². The number of anilines is 1. The van der Waals surface area contributed by atoms with Crippen molar-refractivity contribution in [1.29, 1.82) is 0 Å². The average Bonchev–Trinajstić information content (AvgIpc) is 2.19. The second kappa shape index (κ2) is 4.67. The Morgan fingerprint density at radius 2 is 2.07 bits per heavy atom. The SMILES string of the molecule is Clc1cccc(NC2CC[NH2+]CC2)c1. The van der Waals surface area contributed by atoms with E-state index >= 15 is 0 Å². The molecular formula is C11H16ClN2+. The van der Waals surface area contributed by atoms with Crippen LogP contribution in [0.2, 0.25) is 5.02 Å². The number of hydrogen-bond donors (Lipinski definition) is 2. The van der Waals surface area contributed by atoms with Gasteiger partial charge in [-0.2, -0.15) is 0 Å². The standard InChI is InChI=1S/C11H15ClN2/c12-9-2-1-3-11(8-9)14-10-4-6-13-7-5-10/h1-3,8,10,13-14H,4-7H2/p+1. The number of benzene rings is 1. The Balaban J connectivity index is 1.95. The van der Waals surface area contributed by atoms with Crippen LogP contribution in [-0.4, -0.2) is 19.1 Å². The predicted molar refractivity (Wildman–Crippen MR) is 59.8 cm³/mol. The van der Waals surface area contributed by atoms with Crippen LogP contribution in [0.15, 0.2) is 24.3 Å². The van der Waals surface area contributed by atoms with E-state index in [4.69, 9.17) is 11.6 Å². The minimum absolute atomic E-state index is 0.624. The maximum absolute atomic E-state index is 5.92. The van der Waals surface area contributed by atoms with Crippen LogP contribution in [0.5, 0.6) is 0 Å². The molecule has 76 valence electrons. The third-order valence-electron chi connectivity index (χ3n) is 2.63. The lowest BCUT2D eigenvalue weighted by Gasteiger charge is -2.22.